The Morgan fingerprint density at radius 2 is 2.11 bits per heavy atom. The fraction of sp³-hybridized carbons (Fsp3) is 0.235. The van der Waals surface area contributed by atoms with Crippen molar-refractivity contribution in [2.24, 2.45) is 0 Å². The lowest BCUT2D eigenvalue weighted by Gasteiger charge is -2.11. The van der Waals surface area contributed by atoms with Crippen LogP contribution >= 0.6 is 22.9 Å². The highest BCUT2D eigenvalue weighted by molar-refractivity contribution is 7.13. The van der Waals surface area contributed by atoms with Crippen molar-refractivity contribution in [3.8, 4) is 10.7 Å². The molecule has 10 heteroatoms. The SMILES string of the molecule is O=C(CCCc1nc(-c2cccs2)no1)Nc1cc(C(F)(F)F)ccc1Cl. The molecule has 0 atom stereocenters. The van der Waals surface area contributed by atoms with Crippen LogP contribution in [0.25, 0.3) is 10.7 Å². The second-order valence-corrected chi connectivity index (χ2v) is 6.94. The number of aromatic nitrogens is 2. The minimum Gasteiger partial charge on any atom is -0.339 e. The molecular formula is C17H13ClF3N3O2S. The molecule has 1 amide bonds. The number of carbonyl (C=O) groups excluding carboxylic acids is 1. The van der Waals surface area contributed by atoms with Gasteiger partial charge in [0.15, 0.2) is 0 Å². The van der Waals surface area contributed by atoms with Crippen LogP contribution in [0, 0.1) is 0 Å². The van der Waals surface area contributed by atoms with Crippen molar-refractivity contribution >= 4 is 34.5 Å². The Morgan fingerprint density at radius 3 is 2.81 bits per heavy atom. The van der Waals surface area contributed by atoms with Crippen molar-refractivity contribution in [3.05, 3.63) is 52.2 Å². The molecule has 142 valence electrons. The van der Waals surface area contributed by atoms with Gasteiger partial charge in [-0.15, -0.1) is 11.3 Å². The van der Waals surface area contributed by atoms with Crippen LogP contribution in [0.1, 0.15) is 24.3 Å². The summed E-state index contributed by atoms with van der Waals surface area (Å²) < 4.78 is 43.4. The molecule has 0 radical (unpaired) electrons. The first-order chi connectivity index (χ1) is 12.8. The fourth-order valence-electron chi connectivity index (χ4n) is 2.27. The van der Waals surface area contributed by atoms with Gasteiger partial charge in [0.25, 0.3) is 0 Å². The van der Waals surface area contributed by atoms with E-state index in [1.54, 1.807) is 0 Å². The predicted molar refractivity (Wildman–Crippen MR) is 95.6 cm³/mol. The van der Waals surface area contributed by atoms with Gasteiger partial charge >= 0.3 is 6.18 Å². The van der Waals surface area contributed by atoms with Gasteiger partial charge in [-0.05, 0) is 36.1 Å². The highest BCUT2D eigenvalue weighted by Crippen LogP contribution is 2.33. The molecule has 0 spiro atoms. The van der Waals surface area contributed by atoms with E-state index in [4.69, 9.17) is 16.1 Å². The zero-order chi connectivity index (χ0) is 19.4. The number of anilines is 1. The summed E-state index contributed by atoms with van der Waals surface area (Å²) >= 11 is 7.34. The quantitative estimate of drug-likeness (QED) is 0.582. The smallest absolute Gasteiger partial charge is 0.339 e. The summed E-state index contributed by atoms with van der Waals surface area (Å²) in [6, 6.07) is 6.51. The average molecular weight is 416 g/mol. The first-order valence-electron chi connectivity index (χ1n) is 7.86. The number of amides is 1. The largest absolute Gasteiger partial charge is 0.416 e. The zero-order valence-corrected chi connectivity index (χ0v) is 15.3. The van der Waals surface area contributed by atoms with E-state index in [0.717, 1.165) is 23.1 Å². The van der Waals surface area contributed by atoms with Gasteiger partial charge in [0.1, 0.15) is 0 Å². The maximum atomic E-state index is 12.8. The molecule has 1 aromatic carbocycles. The standard InChI is InChI=1S/C17H13ClF3N3O2S/c18-11-7-6-10(17(19,20)21)9-12(11)22-14(25)4-1-5-15-23-16(24-26-15)13-3-2-8-27-13/h2-3,6-9H,1,4-5H2,(H,22,25). The molecule has 3 rings (SSSR count). The van der Waals surface area contributed by atoms with Crippen LogP contribution in [0.3, 0.4) is 0 Å². The van der Waals surface area contributed by atoms with E-state index in [9.17, 15) is 18.0 Å². The van der Waals surface area contributed by atoms with E-state index in [1.807, 2.05) is 17.5 Å². The van der Waals surface area contributed by atoms with Crippen LogP contribution in [0.5, 0.6) is 0 Å². The number of benzene rings is 1. The first-order valence-corrected chi connectivity index (χ1v) is 9.12. The van der Waals surface area contributed by atoms with Gasteiger partial charge in [-0.1, -0.05) is 22.8 Å². The summed E-state index contributed by atoms with van der Waals surface area (Å²) in [7, 11) is 0. The molecule has 0 bridgehead atoms. The van der Waals surface area contributed by atoms with E-state index < -0.39 is 17.6 Å². The summed E-state index contributed by atoms with van der Waals surface area (Å²) in [5.41, 5.74) is -0.955. The monoisotopic (exact) mass is 415 g/mol. The molecule has 5 nitrogen and oxygen atoms in total. The Morgan fingerprint density at radius 1 is 1.30 bits per heavy atom. The topological polar surface area (TPSA) is 68.0 Å². The van der Waals surface area contributed by atoms with E-state index in [-0.39, 0.29) is 17.1 Å². The maximum Gasteiger partial charge on any atom is 0.416 e. The van der Waals surface area contributed by atoms with Crippen LogP contribution in [-0.2, 0) is 17.4 Å². The molecular weight excluding hydrogens is 403 g/mol. The lowest BCUT2D eigenvalue weighted by molar-refractivity contribution is -0.137. The number of hydrogen-bond donors (Lipinski definition) is 1. The Balaban J connectivity index is 1.53. The van der Waals surface area contributed by atoms with Crippen LogP contribution in [0.4, 0.5) is 18.9 Å². The van der Waals surface area contributed by atoms with E-state index in [0.29, 0.717) is 24.6 Å². The summed E-state index contributed by atoms with van der Waals surface area (Å²) in [5.74, 6) is 0.428. The molecule has 0 unspecified atom stereocenters. The molecule has 3 aromatic rings. The number of halogens is 4. The van der Waals surface area contributed by atoms with Gasteiger partial charge < -0.3 is 9.84 Å². The Labute approximate surface area is 161 Å². The minimum atomic E-state index is -4.51. The van der Waals surface area contributed by atoms with Gasteiger partial charge in [-0.2, -0.15) is 18.2 Å². The third-order valence-electron chi connectivity index (χ3n) is 3.57. The number of alkyl halides is 3. The van der Waals surface area contributed by atoms with Crippen molar-refractivity contribution in [3.63, 3.8) is 0 Å². The average Bonchev–Trinajstić information content (AvgIpc) is 3.27. The van der Waals surface area contributed by atoms with E-state index >= 15 is 0 Å². The molecule has 0 aliphatic rings. The van der Waals surface area contributed by atoms with Gasteiger partial charge in [0.05, 0.1) is 21.2 Å². The van der Waals surface area contributed by atoms with Gasteiger partial charge in [0, 0.05) is 12.8 Å². The van der Waals surface area contributed by atoms with Crippen LogP contribution < -0.4 is 5.32 Å². The first kappa shape index (κ1) is 19.4. The maximum absolute atomic E-state index is 12.8. The second-order valence-electron chi connectivity index (χ2n) is 5.58. The van der Waals surface area contributed by atoms with Gasteiger partial charge in [-0.3, -0.25) is 4.79 Å². The lowest BCUT2D eigenvalue weighted by Crippen LogP contribution is -2.13. The van der Waals surface area contributed by atoms with Gasteiger partial charge in [-0.25, -0.2) is 0 Å². The van der Waals surface area contributed by atoms with Crippen molar-refractivity contribution < 1.29 is 22.5 Å². The third kappa shape index (κ3) is 5.08. The number of nitrogens with one attached hydrogen (secondary N) is 1. The number of thiophene rings is 1. The van der Waals surface area contributed by atoms with Crippen molar-refractivity contribution in [2.75, 3.05) is 5.32 Å². The molecule has 2 heterocycles. The summed E-state index contributed by atoms with van der Waals surface area (Å²) in [4.78, 5) is 17.1. The number of rotatable bonds is 6. The molecule has 0 saturated heterocycles. The summed E-state index contributed by atoms with van der Waals surface area (Å²) in [6.45, 7) is 0. The molecule has 0 aliphatic heterocycles. The van der Waals surface area contributed by atoms with Crippen molar-refractivity contribution in [2.45, 2.75) is 25.4 Å². The van der Waals surface area contributed by atoms with Crippen LogP contribution in [-0.4, -0.2) is 16.0 Å². The number of hydrogen-bond acceptors (Lipinski definition) is 5. The molecule has 0 aliphatic carbocycles. The Hall–Kier alpha value is -2.39. The van der Waals surface area contributed by atoms with E-state index in [2.05, 4.69) is 15.5 Å². The molecule has 0 fully saturated rings. The van der Waals surface area contributed by atoms with E-state index in [1.165, 1.54) is 11.3 Å². The third-order valence-corrected chi connectivity index (χ3v) is 4.77. The van der Waals surface area contributed by atoms with Crippen molar-refractivity contribution in [1.29, 1.82) is 0 Å². The number of carbonyl (C=O) groups is 1. The fourth-order valence-corrected chi connectivity index (χ4v) is 3.09. The summed E-state index contributed by atoms with van der Waals surface area (Å²) in [5, 5.41) is 8.20. The van der Waals surface area contributed by atoms with Gasteiger partial charge in [0.2, 0.25) is 17.6 Å². The minimum absolute atomic E-state index is 0.0360. The van der Waals surface area contributed by atoms with Crippen LogP contribution in [0.15, 0.2) is 40.2 Å². The van der Waals surface area contributed by atoms with Crippen molar-refractivity contribution in [1.82, 2.24) is 10.1 Å². The second kappa shape index (κ2) is 8.10. The summed E-state index contributed by atoms with van der Waals surface area (Å²) in [6.07, 6.45) is -3.66. The normalized spacial score (nSPS) is 11.6. The Bertz CT molecular complexity index is 926. The molecule has 2 aromatic heterocycles. The highest BCUT2D eigenvalue weighted by Gasteiger charge is 2.31. The number of nitrogens with zero attached hydrogens (tertiary/aromatic N) is 2. The lowest BCUT2D eigenvalue weighted by atomic mass is 10.2. The van der Waals surface area contributed by atoms with Crippen LogP contribution in [0.2, 0.25) is 5.02 Å². The molecule has 0 saturated carbocycles. The molecule has 1 N–H and O–H groups in total. The molecule has 27 heavy (non-hydrogen) atoms. The predicted octanol–water partition coefficient (Wildman–Crippen LogP) is 5.43. The Kier molecular flexibility index (Phi) is 5.81. The zero-order valence-electron chi connectivity index (χ0n) is 13.7. The number of aryl methyl sites for hydroxylation is 1. The highest BCUT2D eigenvalue weighted by atomic mass is 35.5.